The standard InChI is InChI=1S/C16H19ClN2O/c1-16(2,3)19-10-12-6-7-13(9-15(12)17)20-14-5-4-8-18-11-14/h4-9,11,19H,10H2,1-3H3. The molecule has 0 atom stereocenters. The molecule has 1 heterocycles. The van der Waals surface area contributed by atoms with Crippen LogP contribution >= 0.6 is 11.6 Å². The lowest BCUT2D eigenvalue weighted by atomic mass is 10.1. The molecule has 1 aromatic heterocycles. The lowest BCUT2D eigenvalue weighted by molar-refractivity contribution is 0.424. The van der Waals surface area contributed by atoms with Crippen LogP contribution in [0.5, 0.6) is 11.5 Å². The number of aromatic nitrogens is 1. The van der Waals surface area contributed by atoms with E-state index in [-0.39, 0.29) is 5.54 Å². The Labute approximate surface area is 124 Å². The van der Waals surface area contributed by atoms with E-state index in [0.717, 1.165) is 12.1 Å². The average molecular weight is 291 g/mol. The molecule has 0 saturated carbocycles. The van der Waals surface area contributed by atoms with Crippen molar-refractivity contribution >= 4 is 11.6 Å². The maximum Gasteiger partial charge on any atom is 0.145 e. The molecule has 2 aromatic rings. The SMILES string of the molecule is CC(C)(C)NCc1ccc(Oc2cccnc2)cc1Cl. The van der Waals surface area contributed by atoms with Crippen LogP contribution in [-0.2, 0) is 6.54 Å². The molecule has 0 bridgehead atoms. The molecule has 2 rings (SSSR count). The minimum atomic E-state index is 0.0637. The molecule has 0 fully saturated rings. The molecule has 0 amide bonds. The maximum atomic E-state index is 6.29. The highest BCUT2D eigenvalue weighted by Gasteiger charge is 2.10. The summed E-state index contributed by atoms with van der Waals surface area (Å²) in [6, 6.07) is 9.41. The molecule has 0 aliphatic heterocycles. The van der Waals surface area contributed by atoms with Crippen LogP contribution in [0, 0.1) is 0 Å². The van der Waals surface area contributed by atoms with E-state index in [9.17, 15) is 0 Å². The smallest absolute Gasteiger partial charge is 0.145 e. The first kappa shape index (κ1) is 14.8. The Hall–Kier alpha value is -1.58. The van der Waals surface area contributed by atoms with Crippen LogP contribution < -0.4 is 10.1 Å². The van der Waals surface area contributed by atoms with E-state index in [1.807, 2.05) is 30.3 Å². The second-order valence-electron chi connectivity index (χ2n) is 5.65. The molecule has 0 spiro atoms. The molecule has 0 unspecified atom stereocenters. The Morgan fingerprint density at radius 2 is 2.00 bits per heavy atom. The quantitative estimate of drug-likeness (QED) is 0.905. The first-order chi connectivity index (χ1) is 9.44. The third-order valence-corrected chi connectivity index (χ3v) is 3.06. The van der Waals surface area contributed by atoms with E-state index in [0.29, 0.717) is 16.5 Å². The Kier molecular flexibility index (Phi) is 4.63. The molecule has 20 heavy (non-hydrogen) atoms. The van der Waals surface area contributed by atoms with Gasteiger partial charge in [-0.05, 0) is 50.6 Å². The summed E-state index contributed by atoms with van der Waals surface area (Å²) >= 11 is 6.29. The average Bonchev–Trinajstić information content (AvgIpc) is 2.38. The number of pyridine rings is 1. The Balaban J connectivity index is 2.06. The maximum absolute atomic E-state index is 6.29. The molecule has 0 aliphatic rings. The monoisotopic (exact) mass is 290 g/mol. The van der Waals surface area contributed by atoms with Crippen molar-refractivity contribution in [1.29, 1.82) is 0 Å². The van der Waals surface area contributed by atoms with Crippen LogP contribution in [0.4, 0.5) is 0 Å². The van der Waals surface area contributed by atoms with Gasteiger partial charge in [0.25, 0.3) is 0 Å². The molecule has 4 heteroatoms. The number of nitrogens with zero attached hydrogens (tertiary/aromatic N) is 1. The van der Waals surface area contributed by atoms with Crippen molar-refractivity contribution in [2.24, 2.45) is 0 Å². The minimum Gasteiger partial charge on any atom is -0.456 e. The molecular formula is C16H19ClN2O. The summed E-state index contributed by atoms with van der Waals surface area (Å²) in [4.78, 5) is 4.01. The van der Waals surface area contributed by atoms with Gasteiger partial charge in [0.1, 0.15) is 11.5 Å². The summed E-state index contributed by atoms with van der Waals surface area (Å²) in [6.45, 7) is 7.11. The van der Waals surface area contributed by atoms with Gasteiger partial charge in [-0.2, -0.15) is 0 Å². The third-order valence-electron chi connectivity index (χ3n) is 2.70. The van der Waals surface area contributed by atoms with Gasteiger partial charge < -0.3 is 10.1 Å². The molecule has 0 aliphatic carbocycles. The van der Waals surface area contributed by atoms with Gasteiger partial charge in [0.05, 0.1) is 6.20 Å². The molecule has 1 N–H and O–H groups in total. The van der Waals surface area contributed by atoms with Gasteiger partial charge in [-0.25, -0.2) is 0 Å². The number of ether oxygens (including phenoxy) is 1. The predicted octanol–water partition coefficient (Wildman–Crippen LogP) is 4.42. The zero-order valence-corrected chi connectivity index (χ0v) is 12.7. The van der Waals surface area contributed by atoms with E-state index in [2.05, 4.69) is 31.1 Å². The largest absolute Gasteiger partial charge is 0.456 e. The molecular weight excluding hydrogens is 272 g/mol. The van der Waals surface area contributed by atoms with Gasteiger partial charge in [-0.15, -0.1) is 0 Å². The van der Waals surface area contributed by atoms with E-state index < -0.39 is 0 Å². The summed E-state index contributed by atoms with van der Waals surface area (Å²) in [5, 5.41) is 4.11. The number of benzene rings is 1. The lowest BCUT2D eigenvalue weighted by Crippen LogP contribution is -2.35. The molecule has 1 aromatic carbocycles. The molecule has 0 saturated heterocycles. The fraction of sp³-hybridized carbons (Fsp3) is 0.312. The summed E-state index contributed by atoms with van der Waals surface area (Å²) in [7, 11) is 0. The Morgan fingerprint density at radius 1 is 1.20 bits per heavy atom. The van der Waals surface area contributed by atoms with Gasteiger partial charge in [0.15, 0.2) is 0 Å². The normalized spacial score (nSPS) is 11.4. The van der Waals surface area contributed by atoms with E-state index in [1.165, 1.54) is 0 Å². The van der Waals surface area contributed by atoms with Crippen LogP contribution in [0.3, 0.4) is 0 Å². The number of hydrogen-bond acceptors (Lipinski definition) is 3. The van der Waals surface area contributed by atoms with E-state index in [1.54, 1.807) is 12.4 Å². The van der Waals surface area contributed by atoms with Crippen molar-refractivity contribution < 1.29 is 4.74 Å². The van der Waals surface area contributed by atoms with E-state index >= 15 is 0 Å². The van der Waals surface area contributed by atoms with Gasteiger partial charge in [0.2, 0.25) is 0 Å². The van der Waals surface area contributed by atoms with Gasteiger partial charge in [0, 0.05) is 23.3 Å². The van der Waals surface area contributed by atoms with Crippen molar-refractivity contribution in [2.75, 3.05) is 0 Å². The second kappa shape index (κ2) is 6.25. The zero-order chi connectivity index (χ0) is 14.6. The Morgan fingerprint density at radius 3 is 2.60 bits per heavy atom. The van der Waals surface area contributed by atoms with Crippen LogP contribution in [0.2, 0.25) is 5.02 Å². The topological polar surface area (TPSA) is 34.1 Å². The van der Waals surface area contributed by atoms with Crippen LogP contribution in [-0.4, -0.2) is 10.5 Å². The first-order valence-electron chi connectivity index (χ1n) is 6.55. The third kappa shape index (κ3) is 4.51. The minimum absolute atomic E-state index is 0.0637. The van der Waals surface area contributed by atoms with Gasteiger partial charge >= 0.3 is 0 Å². The second-order valence-corrected chi connectivity index (χ2v) is 6.05. The number of hydrogen-bond donors (Lipinski definition) is 1. The number of nitrogens with one attached hydrogen (secondary N) is 1. The van der Waals surface area contributed by atoms with Crippen LogP contribution in [0.15, 0.2) is 42.7 Å². The van der Waals surface area contributed by atoms with Gasteiger partial charge in [-0.1, -0.05) is 17.7 Å². The summed E-state index contributed by atoms with van der Waals surface area (Å²) in [5.74, 6) is 1.41. The lowest BCUT2D eigenvalue weighted by Gasteiger charge is -2.21. The van der Waals surface area contributed by atoms with Crippen molar-refractivity contribution in [1.82, 2.24) is 10.3 Å². The summed E-state index contributed by atoms with van der Waals surface area (Å²) in [6.07, 6.45) is 3.38. The predicted molar refractivity (Wildman–Crippen MR) is 82.4 cm³/mol. The summed E-state index contributed by atoms with van der Waals surface area (Å²) < 4.78 is 5.69. The van der Waals surface area contributed by atoms with Crippen molar-refractivity contribution in [3.63, 3.8) is 0 Å². The van der Waals surface area contributed by atoms with Crippen LogP contribution in [0.25, 0.3) is 0 Å². The molecule has 3 nitrogen and oxygen atoms in total. The fourth-order valence-electron chi connectivity index (χ4n) is 1.64. The van der Waals surface area contributed by atoms with Crippen molar-refractivity contribution in [2.45, 2.75) is 32.9 Å². The highest BCUT2D eigenvalue weighted by molar-refractivity contribution is 6.31. The highest BCUT2D eigenvalue weighted by atomic mass is 35.5. The number of rotatable bonds is 4. The Bertz CT molecular complexity index is 564. The zero-order valence-electron chi connectivity index (χ0n) is 12.0. The van der Waals surface area contributed by atoms with E-state index in [4.69, 9.17) is 16.3 Å². The van der Waals surface area contributed by atoms with Crippen LogP contribution in [0.1, 0.15) is 26.3 Å². The van der Waals surface area contributed by atoms with Crippen molar-refractivity contribution in [3.05, 3.63) is 53.3 Å². The van der Waals surface area contributed by atoms with Gasteiger partial charge in [-0.3, -0.25) is 4.98 Å². The number of halogens is 1. The summed E-state index contributed by atoms with van der Waals surface area (Å²) in [5.41, 5.74) is 1.12. The van der Waals surface area contributed by atoms with Crippen molar-refractivity contribution in [3.8, 4) is 11.5 Å². The fourth-order valence-corrected chi connectivity index (χ4v) is 1.88. The first-order valence-corrected chi connectivity index (χ1v) is 6.93. The molecule has 106 valence electrons. The highest BCUT2D eigenvalue weighted by Crippen LogP contribution is 2.26. The molecule has 0 radical (unpaired) electrons.